The molecule has 0 spiro atoms. The molecule has 0 aromatic heterocycles. The molecule has 0 atom stereocenters. The van der Waals surface area contributed by atoms with E-state index in [4.69, 9.17) is 14.2 Å². The lowest BCUT2D eigenvalue weighted by Crippen LogP contribution is -2.47. The largest absolute Gasteiger partial charge is 0.497 e. The molecular weight excluding hydrogens is 511 g/mol. The molecule has 176 valence electrons. The Hall–Kier alpha value is -1.59. The SMILES string of the molecule is CCNC(=NCCNC(=O)c1ccc(OC)cc1)N1CCC(OCCCOC)CC1.I. The summed E-state index contributed by atoms with van der Waals surface area (Å²) >= 11 is 0. The van der Waals surface area contributed by atoms with E-state index >= 15 is 0 Å². The van der Waals surface area contributed by atoms with Crippen LogP contribution in [0.3, 0.4) is 0 Å². The predicted molar refractivity (Wildman–Crippen MR) is 134 cm³/mol. The molecule has 0 unspecified atom stereocenters. The minimum Gasteiger partial charge on any atom is -0.497 e. The Morgan fingerprint density at radius 3 is 2.45 bits per heavy atom. The Bertz CT molecular complexity index is 649. The summed E-state index contributed by atoms with van der Waals surface area (Å²) < 4.78 is 16.1. The number of ether oxygens (including phenoxy) is 3. The van der Waals surface area contributed by atoms with Gasteiger partial charge in [-0.15, -0.1) is 24.0 Å². The summed E-state index contributed by atoms with van der Waals surface area (Å²) in [4.78, 5) is 19.2. The number of guanidine groups is 1. The van der Waals surface area contributed by atoms with Crippen molar-refractivity contribution >= 4 is 35.8 Å². The van der Waals surface area contributed by atoms with Crippen LogP contribution in [0.1, 0.15) is 36.5 Å². The number of piperidine rings is 1. The summed E-state index contributed by atoms with van der Waals surface area (Å²) in [6.45, 7) is 7.21. The summed E-state index contributed by atoms with van der Waals surface area (Å²) in [6.07, 6.45) is 3.23. The summed E-state index contributed by atoms with van der Waals surface area (Å²) in [5, 5.41) is 6.27. The zero-order chi connectivity index (χ0) is 21.6. The van der Waals surface area contributed by atoms with Gasteiger partial charge in [0.25, 0.3) is 5.91 Å². The molecule has 2 N–H and O–H groups in total. The van der Waals surface area contributed by atoms with Gasteiger partial charge in [-0.3, -0.25) is 9.79 Å². The molecule has 1 aromatic rings. The van der Waals surface area contributed by atoms with E-state index in [0.717, 1.165) is 63.8 Å². The Morgan fingerprint density at radius 2 is 1.84 bits per heavy atom. The Balaban J connectivity index is 0.00000480. The second-order valence-corrected chi connectivity index (χ2v) is 7.12. The van der Waals surface area contributed by atoms with E-state index in [0.29, 0.717) is 24.8 Å². The maximum Gasteiger partial charge on any atom is 0.251 e. The number of halogens is 1. The number of hydrogen-bond acceptors (Lipinski definition) is 5. The van der Waals surface area contributed by atoms with Crippen molar-refractivity contribution in [3.63, 3.8) is 0 Å². The first-order valence-corrected chi connectivity index (χ1v) is 10.7. The average Bonchev–Trinajstić information content (AvgIpc) is 2.79. The summed E-state index contributed by atoms with van der Waals surface area (Å²) in [7, 11) is 3.32. The van der Waals surface area contributed by atoms with Crippen molar-refractivity contribution in [2.75, 3.05) is 60.2 Å². The van der Waals surface area contributed by atoms with E-state index < -0.39 is 0 Å². The smallest absolute Gasteiger partial charge is 0.251 e. The zero-order valence-electron chi connectivity index (χ0n) is 18.9. The lowest BCUT2D eigenvalue weighted by Gasteiger charge is -2.34. The third-order valence-electron chi connectivity index (χ3n) is 4.93. The van der Waals surface area contributed by atoms with E-state index in [1.165, 1.54) is 0 Å². The fraction of sp³-hybridized carbons (Fsp3) is 0.636. The molecule has 1 aromatic carbocycles. The van der Waals surface area contributed by atoms with Crippen LogP contribution in [0.25, 0.3) is 0 Å². The lowest BCUT2D eigenvalue weighted by molar-refractivity contribution is 0.00990. The standard InChI is InChI=1S/C22H36N4O4.HI/c1-4-23-22(26-14-10-20(11-15-26)30-17-5-16-28-2)25-13-12-24-21(27)18-6-8-19(29-3)9-7-18;/h6-9,20H,4-5,10-17H2,1-3H3,(H,23,25)(H,24,27);1H. The Kier molecular flexibility index (Phi) is 14.3. The van der Waals surface area contributed by atoms with E-state index in [1.807, 2.05) is 0 Å². The summed E-state index contributed by atoms with van der Waals surface area (Å²) in [5.74, 6) is 1.52. The molecule has 31 heavy (non-hydrogen) atoms. The van der Waals surface area contributed by atoms with E-state index in [1.54, 1.807) is 38.5 Å². The quantitative estimate of drug-likeness (QED) is 0.192. The third kappa shape index (κ3) is 10.0. The molecule has 0 bridgehead atoms. The predicted octanol–water partition coefficient (Wildman–Crippen LogP) is 2.53. The highest BCUT2D eigenvalue weighted by atomic mass is 127. The number of aliphatic imine (C=N–C) groups is 1. The van der Waals surface area contributed by atoms with Crippen LogP contribution in [0, 0.1) is 0 Å². The van der Waals surface area contributed by atoms with Gasteiger partial charge < -0.3 is 29.7 Å². The molecule has 2 rings (SSSR count). The van der Waals surface area contributed by atoms with Gasteiger partial charge in [0, 0.05) is 52.1 Å². The number of rotatable bonds is 11. The molecule has 1 aliphatic rings. The summed E-state index contributed by atoms with van der Waals surface area (Å²) in [6, 6.07) is 7.06. The number of carbonyl (C=O) groups is 1. The molecule has 9 heteroatoms. The van der Waals surface area contributed by atoms with Gasteiger partial charge >= 0.3 is 0 Å². The topological polar surface area (TPSA) is 84.4 Å². The third-order valence-corrected chi connectivity index (χ3v) is 4.93. The van der Waals surface area contributed by atoms with Crippen LogP contribution in [-0.2, 0) is 9.47 Å². The van der Waals surface area contributed by atoms with Gasteiger partial charge in [-0.25, -0.2) is 0 Å². The van der Waals surface area contributed by atoms with Crippen LogP contribution < -0.4 is 15.4 Å². The molecule has 1 aliphatic heterocycles. The first-order valence-electron chi connectivity index (χ1n) is 10.7. The van der Waals surface area contributed by atoms with Gasteiger partial charge in [0.2, 0.25) is 0 Å². The van der Waals surface area contributed by atoms with Gasteiger partial charge in [0.1, 0.15) is 5.75 Å². The Labute approximate surface area is 203 Å². The number of methoxy groups -OCH3 is 2. The molecule has 1 amide bonds. The monoisotopic (exact) mass is 548 g/mol. The average molecular weight is 548 g/mol. The molecule has 1 saturated heterocycles. The van der Waals surface area contributed by atoms with Crippen LogP contribution in [0.15, 0.2) is 29.3 Å². The molecule has 0 saturated carbocycles. The van der Waals surface area contributed by atoms with Gasteiger partial charge in [-0.1, -0.05) is 0 Å². The van der Waals surface area contributed by atoms with Gasteiger partial charge in [0.05, 0.1) is 19.8 Å². The van der Waals surface area contributed by atoms with Crippen molar-refractivity contribution < 1.29 is 19.0 Å². The minimum atomic E-state index is -0.107. The fourth-order valence-electron chi connectivity index (χ4n) is 3.29. The first-order chi connectivity index (χ1) is 14.7. The first kappa shape index (κ1) is 27.4. The number of hydrogen-bond donors (Lipinski definition) is 2. The number of carbonyl (C=O) groups excluding carboxylic acids is 1. The van der Waals surface area contributed by atoms with E-state index in [2.05, 4.69) is 27.4 Å². The van der Waals surface area contributed by atoms with Crippen molar-refractivity contribution in [1.29, 1.82) is 0 Å². The number of likely N-dealkylation sites (tertiary alicyclic amines) is 1. The van der Waals surface area contributed by atoms with E-state index in [9.17, 15) is 4.79 Å². The van der Waals surface area contributed by atoms with Crippen molar-refractivity contribution in [2.45, 2.75) is 32.3 Å². The lowest BCUT2D eigenvalue weighted by atomic mass is 10.1. The van der Waals surface area contributed by atoms with Gasteiger partial charge in [0.15, 0.2) is 5.96 Å². The molecule has 0 radical (unpaired) electrons. The van der Waals surface area contributed by atoms with E-state index in [-0.39, 0.29) is 29.9 Å². The van der Waals surface area contributed by atoms with Crippen molar-refractivity contribution in [3.05, 3.63) is 29.8 Å². The van der Waals surface area contributed by atoms with Crippen LogP contribution in [-0.4, -0.2) is 83.0 Å². The minimum absolute atomic E-state index is 0. The number of nitrogens with one attached hydrogen (secondary N) is 2. The molecule has 8 nitrogen and oxygen atoms in total. The van der Waals surface area contributed by atoms with Crippen LogP contribution >= 0.6 is 24.0 Å². The highest BCUT2D eigenvalue weighted by molar-refractivity contribution is 14.0. The maximum atomic E-state index is 12.2. The maximum absolute atomic E-state index is 12.2. The zero-order valence-corrected chi connectivity index (χ0v) is 21.2. The number of amides is 1. The van der Waals surface area contributed by atoms with Gasteiger partial charge in [-0.05, 0) is 50.5 Å². The molecule has 1 heterocycles. The molecule has 1 fully saturated rings. The van der Waals surface area contributed by atoms with Crippen LogP contribution in [0.5, 0.6) is 5.75 Å². The second kappa shape index (κ2) is 16.1. The van der Waals surface area contributed by atoms with Crippen molar-refractivity contribution in [1.82, 2.24) is 15.5 Å². The van der Waals surface area contributed by atoms with Crippen LogP contribution in [0.4, 0.5) is 0 Å². The summed E-state index contributed by atoms with van der Waals surface area (Å²) in [5.41, 5.74) is 0.610. The van der Waals surface area contributed by atoms with Crippen molar-refractivity contribution in [2.24, 2.45) is 4.99 Å². The molecule has 0 aliphatic carbocycles. The number of nitrogens with zero attached hydrogens (tertiary/aromatic N) is 2. The highest BCUT2D eigenvalue weighted by Gasteiger charge is 2.21. The number of benzene rings is 1. The fourth-order valence-corrected chi connectivity index (χ4v) is 3.29. The second-order valence-electron chi connectivity index (χ2n) is 7.12. The highest BCUT2D eigenvalue weighted by Crippen LogP contribution is 2.14. The Morgan fingerprint density at radius 1 is 1.13 bits per heavy atom. The van der Waals surface area contributed by atoms with Crippen molar-refractivity contribution in [3.8, 4) is 5.75 Å². The molecular formula is C22H37IN4O4. The van der Waals surface area contributed by atoms with Gasteiger partial charge in [-0.2, -0.15) is 0 Å². The van der Waals surface area contributed by atoms with Crippen LogP contribution in [0.2, 0.25) is 0 Å². The normalized spacial score (nSPS) is 14.7.